The summed E-state index contributed by atoms with van der Waals surface area (Å²) in [7, 11) is 0. The Morgan fingerprint density at radius 1 is 0.846 bits per heavy atom. The van der Waals surface area contributed by atoms with Crippen molar-refractivity contribution in [1.29, 1.82) is 0 Å². The second-order valence-corrected chi connectivity index (χ2v) is 6.65. The van der Waals surface area contributed by atoms with Crippen molar-refractivity contribution in [2.45, 2.75) is 65.2 Å². The van der Waals surface area contributed by atoms with Gasteiger partial charge in [-0.2, -0.15) is 0 Å². The van der Waals surface area contributed by atoms with Crippen LogP contribution in [0.1, 0.15) is 85.9 Å². The van der Waals surface area contributed by atoms with Crippen LogP contribution in [0.2, 0.25) is 0 Å². The van der Waals surface area contributed by atoms with Crippen LogP contribution in [0.25, 0.3) is 0 Å². The Hall–Kier alpha value is -2.10. The van der Waals surface area contributed by atoms with Gasteiger partial charge >= 0.3 is 11.9 Å². The van der Waals surface area contributed by atoms with Crippen molar-refractivity contribution in [2.24, 2.45) is 0 Å². The van der Waals surface area contributed by atoms with Gasteiger partial charge in [0.25, 0.3) is 0 Å². The molecule has 0 aliphatic rings. The molecule has 0 N–H and O–H groups in total. The van der Waals surface area contributed by atoms with Crippen molar-refractivity contribution < 1.29 is 19.1 Å². The first-order valence-corrected chi connectivity index (χ1v) is 9.64. The molecule has 0 fully saturated rings. The summed E-state index contributed by atoms with van der Waals surface area (Å²) in [5, 5.41) is 0. The van der Waals surface area contributed by atoms with E-state index in [1.807, 2.05) is 6.92 Å². The molecule has 1 aromatic rings. The van der Waals surface area contributed by atoms with Crippen molar-refractivity contribution in [3.05, 3.63) is 47.5 Å². The molecule has 0 amide bonds. The Bertz CT molecular complexity index is 577. The maximum atomic E-state index is 12.3. The first-order valence-electron chi connectivity index (χ1n) is 9.64. The van der Waals surface area contributed by atoms with Gasteiger partial charge in [0.15, 0.2) is 0 Å². The van der Waals surface area contributed by atoms with Crippen molar-refractivity contribution in [3.8, 4) is 0 Å². The van der Waals surface area contributed by atoms with E-state index in [0.717, 1.165) is 18.4 Å². The maximum Gasteiger partial charge on any atom is 0.339 e. The summed E-state index contributed by atoms with van der Waals surface area (Å²) >= 11 is 0. The molecule has 0 atom stereocenters. The number of rotatable bonds is 13. The molecule has 0 spiro atoms. The molecule has 0 aliphatic carbocycles. The van der Waals surface area contributed by atoms with Gasteiger partial charge in [0.1, 0.15) is 0 Å². The van der Waals surface area contributed by atoms with Gasteiger partial charge in [-0.1, -0.05) is 63.2 Å². The zero-order valence-electron chi connectivity index (χ0n) is 16.2. The second kappa shape index (κ2) is 13.2. The van der Waals surface area contributed by atoms with Gasteiger partial charge in [0.2, 0.25) is 0 Å². The highest BCUT2D eigenvalue weighted by Crippen LogP contribution is 2.13. The fourth-order valence-electron chi connectivity index (χ4n) is 2.54. The van der Waals surface area contributed by atoms with Crippen LogP contribution >= 0.6 is 0 Å². The summed E-state index contributed by atoms with van der Waals surface area (Å²) in [5.41, 5.74) is 1.45. The summed E-state index contributed by atoms with van der Waals surface area (Å²) in [6.45, 7) is 8.49. The van der Waals surface area contributed by atoms with Crippen LogP contribution in [0.4, 0.5) is 0 Å². The number of carbonyl (C=O) groups is 2. The number of benzene rings is 1. The predicted molar refractivity (Wildman–Crippen MR) is 104 cm³/mol. The Labute approximate surface area is 157 Å². The molecule has 0 aliphatic heterocycles. The molecule has 0 heterocycles. The van der Waals surface area contributed by atoms with E-state index in [0.29, 0.717) is 13.0 Å². The zero-order chi connectivity index (χ0) is 19.2. The lowest BCUT2D eigenvalue weighted by Crippen LogP contribution is -2.15. The molecule has 1 aromatic carbocycles. The number of ether oxygens (including phenoxy) is 2. The van der Waals surface area contributed by atoms with E-state index >= 15 is 0 Å². The third-order valence-electron chi connectivity index (χ3n) is 4.11. The molecular weight excluding hydrogens is 328 g/mol. The van der Waals surface area contributed by atoms with Gasteiger partial charge in [-0.05, 0) is 25.5 Å². The first-order chi connectivity index (χ1) is 12.6. The number of esters is 2. The van der Waals surface area contributed by atoms with Gasteiger partial charge in [0, 0.05) is 6.42 Å². The van der Waals surface area contributed by atoms with Gasteiger partial charge in [-0.25, -0.2) is 9.59 Å². The topological polar surface area (TPSA) is 52.6 Å². The van der Waals surface area contributed by atoms with Crippen LogP contribution in [-0.2, 0) is 9.47 Å². The van der Waals surface area contributed by atoms with Gasteiger partial charge in [0.05, 0.1) is 24.3 Å². The minimum Gasteiger partial charge on any atom is -0.462 e. The lowest BCUT2D eigenvalue weighted by Gasteiger charge is -2.10. The van der Waals surface area contributed by atoms with E-state index in [9.17, 15) is 9.59 Å². The number of carbonyl (C=O) groups excluding carboxylic acids is 2. The summed E-state index contributed by atoms with van der Waals surface area (Å²) in [5.74, 6) is -0.974. The molecular formula is C22H32O4. The van der Waals surface area contributed by atoms with Crippen LogP contribution in [0, 0.1) is 0 Å². The van der Waals surface area contributed by atoms with Gasteiger partial charge in [-0.3, -0.25) is 0 Å². The average molecular weight is 360 g/mol. The Morgan fingerprint density at radius 2 is 1.35 bits per heavy atom. The van der Waals surface area contributed by atoms with E-state index in [-0.39, 0.29) is 17.7 Å². The fraction of sp³-hybridized carbons (Fsp3) is 0.545. The minimum atomic E-state index is -0.505. The van der Waals surface area contributed by atoms with E-state index < -0.39 is 11.9 Å². The smallest absolute Gasteiger partial charge is 0.339 e. The highest BCUT2D eigenvalue weighted by atomic mass is 16.5. The van der Waals surface area contributed by atoms with Crippen LogP contribution < -0.4 is 0 Å². The normalized spacial score (nSPS) is 10.4. The summed E-state index contributed by atoms with van der Waals surface area (Å²) in [4.78, 5) is 24.5. The van der Waals surface area contributed by atoms with E-state index in [1.54, 1.807) is 24.3 Å². The predicted octanol–water partition coefficient (Wildman–Crippen LogP) is 5.72. The largest absolute Gasteiger partial charge is 0.462 e. The Balaban J connectivity index is 2.41. The van der Waals surface area contributed by atoms with Crippen molar-refractivity contribution in [3.63, 3.8) is 0 Å². The number of hydrogen-bond donors (Lipinski definition) is 0. The van der Waals surface area contributed by atoms with Crippen LogP contribution in [0.5, 0.6) is 0 Å². The molecule has 0 unspecified atom stereocenters. The van der Waals surface area contributed by atoms with Crippen LogP contribution in [0.15, 0.2) is 36.4 Å². The van der Waals surface area contributed by atoms with Crippen molar-refractivity contribution >= 4 is 11.9 Å². The quantitative estimate of drug-likeness (QED) is 0.256. The van der Waals surface area contributed by atoms with Gasteiger partial charge < -0.3 is 9.47 Å². The molecule has 0 radical (unpaired) electrons. The monoisotopic (exact) mass is 360 g/mol. The van der Waals surface area contributed by atoms with Crippen molar-refractivity contribution in [1.82, 2.24) is 0 Å². The standard InChI is InChI=1S/C22H32O4/c1-4-5-6-7-8-9-12-16-25-21(23)19-13-10-11-14-20(19)22(24)26-17-15-18(2)3/h10-11,13-14H,2,4-9,12,15-17H2,1,3H3. The van der Waals surface area contributed by atoms with E-state index in [2.05, 4.69) is 13.5 Å². The van der Waals surface area contributed by atoms with Crippen LogP contribution in [0.3, 0.4) is 0 Å². The molecule has 0 saturated heterocycles. The molecule has 144 valence electrons. The Morgan fingerprint density at radius 3 is 1.88 bits per heavy atom. The highest BCUT2D eigenvalue weighted by Gasteiger charge is 2.18. The fourth-order valence-corrected chi connectivity index (χ4v) is 2.54. The average Bonchev–Trinajstić information content (AvgIpc) is 2.63. The summed E-state index contributed by atoms with van der Waals surface area (Å²) in [6, 6.07) is 6.62. The van der Waals surface area contributed by atoms with Crippen LogP contribution in [-0.4, -0.2) is 25.2 Å². The van der Waals surface area contributed by atoms with Gasteiger partial charge in [-0.15, -0.1) is 6.58 Å². The summed E-state index contributed by atoms with van der Waals surface area (Å²) < 4.78 is 10.5. The zero-order valence-corrected chi connectivity index (χ0v) is 16.2. The number of hydrogen-bond acceptors (Lipinski definition) is 4. The molecule has 0 saturated carbocycles. The molecule has 0 bridgehead atoms. The first kappa shape index (κ1) is 21.9. The van der Waals surface area contributed by atoms with E-state index in [4.69, 9.17) is 9.47 Å². The number of unbranched alkanes of at least 4 members (excludes halogenated alkanes) is 6. The summed E-state index contributed by atoms with van der Waals surface area (Å²) in [6.07, 6.45) is 8.73. The lowest BCUT2D eigenvalue weighted by molar-refractivity contribution is 0.0456. The van der Waals surface area contributed by atoms with E-state index in [1.165, 1.54) is 32.1 Å². The maximum absolute atomic E-state index is 12.3. The highest BCUT2D eigenvalue weighted by molar-refractivity contribution is 6.03. The third kappa shape index (κ3) is 8.84. The molecule has 4 heteroatoms. The Kier molecular flexibility index (Phi) is 11.1. The molecule has 4 nitrogen and oxygen atoms in total. The minimum absolute atomic E-state index is 0.249. The van der Waals surface area contributed by atoms with Crippen molar-refractivity contribution in [2.75, 3.05) is 13.2 Å². The molecule has 1 rings (SSSR count). The molecule has 26 heavy (non-hydrogen) atoms. The SMILES string of the molecule is C=C(C)CCOC(=O)c1ccccc1C(=O)OCCCCCCCCC. The second-order valence-electron chi connectivity index (χ2n) is 6.65. The third-order valence-corrected chi connectivity index (χ3v) is 4.11. The lowest BCUT2D eigenvalue weighted by atomic mass is 10.1. The molecule has 0 aromatic heterocycles.